The van der Waals surface area contributed by atoms with Crippen molar-refractivity contribution in [1.82, 2.24) is 4.31 Å². The van der Waals surface area contributed by atoms with Crippen LogP contribution in [-0.2, 0) is 10.0 Å². The summed E-state index contributed by atoms with van der Waals surface area (Å²) in [6, 6.07) is 2.27. The molecule has 0 spiro atoms. The SMILES string of the molecule is CN(C(CN)C1CC1)S(=O)(=O)c1ccc(F)c(F)c1. The van der Waals surface area contributed by atoms with Crippen LogP contribution >= 0.6 is 0 Å². The van der Waals surface area contributed by atoms with Crippen molar-refractivity contribution in [2.75, 3.05) is 13.6 Å². The average Bonchev–Trinajstić information content (AvgIpc) is 3.17. The fourth-order valence-corrected chi connectivity index (χ4v) is 3.54. The molecule has 1 fully saturated rings. The molecule has 0 aliphatic heterocycles. The quantitative estimate of drug-likeness (QED) is 0.889. The van der Waals surface area contributed by atoms with Crippen LogP contribution in [0.1, 0.15) is 12.8 Å². The molecule has 4 nitrogen and oxygen atoms in total. The van der Waals surface area contributed by atoms with Crippen molar-refractivity contribution in [1.29, 1.82) is 0 Å². The van der Waals surface area contributed by atoms with Gasteiger partial charge in [-0.3, -0.25) is 0 Å². The smallest absolute Gasteiger partial charge is 0.243 e. The lowest BCUT2D eigenvalue weighted by Gasteiger charge is -2.26. The van der Waals surface area contributed by atoms with Crippen LogP contribution in [0, 0.1) is 17.6 Å². The van der Waals surface area contributed by atoms with Crippen LogP contribution < -0.4 is 5.73 Å². The van der Waals surface area contributed by atoms with Crippen LogP contribution in [0.4, 0.5) is 8.78 Å². The second kappa shape index (κ2) is 5.15. The first-order valence-corrected chi connectivity index (χ1v) is 7.45. The Hall–Kier alpha value is -1.05. The number of hydrogen-bond donors (Lipinski definition) is 1. The van der Waals surface area contributed by atoms with Crippen molar-refractivity contribution in [3.8, 4) is 0 Å². The van der Waals surface area contributed by atoms with E-state index in [1.807, 2.05) is 0 Å². The van der Waals surface area contributed by atoms with Crippen LogP contribution in [0.2, 0.25) is 0 Å². The third-order valence-corrected chi connectivity index (χ3v) is 5.32. The molecule has 2 rings (SSSR count). The molecule has 1 atom stereocenters. The summed E-state index contributed by atoms with van der Waals surface area (Å²) in [7, 11) is -2.42. The summed E-state index contributed by atoms with van der Waals surface area (Å²) >= 11 is 0. The third-order valence-electron chi connectivity index (χ3n) is 3.44. The van der Waals surface area contributed by atoms with E-state index in [-0.39, 0.29) is 23.4 Å². The van der Waals surface area contributed by atoms with Crippen molar-refractivity contribution in [2.45, 2.75) is 23.8 Å². The molecular weight excluding hydrogens is 274 g/mol. The van der Waals surface area contributed by atoms with E-state index in [0.29, 0.717) is 6.07 Å². The first-order valence-electron chi connectivity index (χ1n) is 6.01. The van der Waals surface area contributed by atoms with Crippen LogP contribution in [-0.4, -0.2) is 32.4 Å². The topological polar surface area (TPSA) is 63.4 Å². The summed E-state index contributed by atoms with van der Waals surface area (Å²) in [5.41, 5.74) is 5.60. The van der Waals surface area contributed by atoms with E-state index in [1.54, 1.807) is 0 Å². The zero-order valence-electron chi connectivity index (χ0n) is 10.5. The van der Waals surface area contributed by atoms with Crippen molar-refractivity contribution < 1.29 is 17.2 Å². The Morgan fingerprint density at radius 1 is 1.37 bits per heavy atom. The highest BCUT2D eigenvalue weighted by Gasteiger charge is 2.38. The molecule has 7 heteroatoms. The number of hydrogen-bond acceptors (Lipinski definition) is 3. The van der Waals surface area contributed by atoms with Crippen molar-refractivity contribution >= 4 is 10.0 Å². The zero-order chi connectivity index (χ0) is 14.2. The standard InChI is InChI=1S/C12H16F2N2O2S/c1-16(12(7-15)8-2-3-8)19(17,18)9-4-5-10(13)11(14)6-9/h4-6,8,12H,2-3,7,15H2,1H3. The highest BCUT2D eigenvalue weighted by molar-refractivity contribution is 7.89. The van der Waals surface area contributed by atoms with Gasteiger partial charge in [-0.25, -0.2) is 17.2 Å². The molecule has 1 aromatic carbocycles. The molecular formula is C12H16F2N2O2S. The van der Waals surface area contributed by atoms with Crippen molar-refractivity contribution in [3.05, 3.63) is 29.8 Å². The molecule has 19 heavy (non-hydrogen) atoms. The van der Waals surface area contributed by atoms with Gasteiger partial charge < -0.3 is 5.73 Å². The summed E-state index contributed by atoms with van der Waals surface area (Å²) in [5, 5.41) is 0. The highest BCUT2D eigenvalue weighted by Crippen LogP contribution is 2.36. The maximum atomic E-state index is 13.1. The number of rotatable bonds is 5. The van der Waals surface area contributed by atoms with E-state index in [2.05, 4.69) is 0 Å². The summed E-state index contributed by atoms with van der Waals surface area (Å²) in [6.45, 7) is 0.212. The molecule has 1 aliphatic carbocycles. The average molecular weight is 290 g/mol. The molecule has 1 saturated carbocycles. The van der Waals surface area contributed by atoms with Crippen molar-refractivity contribution in [2.24, 2.45) is 11.7 Å². The molecule has 106 valence electrons. The Labute approximate surface area is 111 Å². The van der Waals surface area contributed by atoms with Gasteiger partial charge in [0, 0.05) is 19.6 Å². The van der Waals surface area contributed by atoms with Crippen LogP contribution in [0.25, 0.3) is 0 Å². The molecule has 0 bridgehead atoms. The molecule has 2 N–H and O–H groups in total. The molecule has 0 aromatic heterocycles. The maximum Gasteiger partial charge on any atom is 0.243 e. The van der Waals surface area contributed by atoms with Crippen LogP contribution in [0.5, 0.6) is 0 Å². The minimum Gasteiger partial charge on any atom is -0.329 e. The summed E-state index contributed by atoms with van der Waals surface area (Å²) in [4.78, 5) is -0.256. The minimum atomic E-state index is -3.85. The first-order chi connectivity index (χ1) is 8.87. The minimum absolute atomic E-state index is 0.212. The fourth-order valence-electron chi connectivity index (χ4n) is 2.10. The molecule has 1 aliphatic rings. The molecule has 0 heterocycles. The number of benzene rings is 1. The second-order valence-electron chi connectivity index (χ2n) is 4.74. The van der Waals surface area contributed by atoms with E-state index in [9.17, 15) is 17.2 Å². The Kier molecular flexibility index (Phi) is 3.89. The van der Waals surface area contributed by atoms with Gasteiger partial charge in [-0.2, -0.15) is 4.31 Å². The number of sulfonamides is 1. The summed E-state index contributed by atoms with van der Waals surface area (Å²) < 4.78 is 51.8. The van der Waals surface area contributed by atoms with E-state index in [4.69, 9.17) is 5.73 Å². The lowest BCUT2D eigenvalue weighted by atomic mass is 10.2. The van der Waals surface area contributed by atoms with E-state index in [0.717, 1.165) is 29.3 Å². The van der Waals surface area contributed by atoms with Crippen LogP contribution in [0.3, 0.4) is 0 Å². The van der Waals surface area contributed by atoms with Gasteiger partial charge in [0.1, 0.15) is 0 Å². The number of halogens is 2. The monoisotopic (exact) mass is 290 g/mol. The molecule has 0 amide bonds. The number of nitrogens with zero attached hydrogens (tertiary/aromatic N) is 1. The third kappa shape index (κ3) is 2.77. The number of nitrogens with two attached hydrogens (primary N) is 1. The van der Waals surface area contributed by atoms with Gasteiger partial charge in [-0.15, -0.1) is 0 Å². The highest BCUT2D eigenvalue weighted by atomic mass is 32.2. The Bertz CT molecular complexity index is 573. The Morgan fingerprint density at radius 3 is 2.47 bits per heavy atom. The second-order valence-corrected chi connectivity index (χ2v) is 6.74. The molecule has 1 aromatic rings. The largest absolute Gasteiger partial charge is 0.329 e. The molecule has 0 radical (unpaired) electrons. The Morgan fingerprint density at radius 2 is 2.00 bits per heavy atom. The lowest BCUT2D eigenvalue weighted by molar-refractivity contribution is 0.340. The van der Waals surface area contributed by atoms with Crippen LogP contribution in [0.15, 0.2) is 23.1 Å². The predicted molar refractivity (Wildman–Crippen MR) is 66.9 cm³/mol. The zero-order valence-corrected chi connectivity index (χ0v) is 11.3. The van der Waals surface area contributed by atoms with Gasteiger partial charge in [0.15, 0.2) is 11.6 Å². The van der Waals surface area contributed by atoms with Gasteiger partial charge in [0.25, 0.3) is 0 Å². The van der Waals surface area contributed by atoms with Gasteiger partial charge in [0.2, 0.25) is 10.0 Å². The van der Waals surface area contributed by atoms with Crippen molar-refractivity contribution in [3.63, 3.8) is 0 Å². The van der Waals surface area contributed by atoms with E-state index >= 15 is 0 Å². The predicted octanol–water partition coefficient (Wildman–Crippen LogP) is 1.32. The van der Waals surface area contributed by atoms with Gasteiger partial charge in [-0.05, 0) is 37.0 Å². The number of likely N-dealkylation sites (N-methyl/N-ethyl adjacent to an activating group) is 1. The van der Waals surface area contributed by atoms with Gasteiger partial charge >= 0.3 is 0 Å². The molecule has 0 saturated heterocycles. The van der Waals surface area contributed by atoms with E-state index < -0.39 is 21.7 Å². The lowest BCUT2D eigenvalue weighted by Crippen LogP contribution is -2.43. The summed E-state index contributed by atoms with van der Waals surface area (Å²) in [6.07, 6.45) is 1.89. The Balaban J connectivity index is 2.32. The first kappa shape index (κ1) is 14.4. The van der Waals surface area contributed by atoms with Gasteiger partial charge in [-0.1, -0.05) is 0 Å². The molecule has 1 unspecified atom stereocenters. The van der Waals surface area contributed by atoms with Gasteiger partial charge in [0.05, 0.1) is 4.90 Å². The van der Waals surface area contributed by atoms with E-state index in [1.165, 1.54) is 7.05 Å². The maximum absolute atomic E-state index is 13.1. The summed E-state index contributed by atoms with van der Waals surface area (Å²) in [5.74, 6) is -1.99. The fraction of sp³-hybridized carbons (Fsp3) is 0.500. The normalized spacial score (nSPS) is 17.7.